The molecule has 128 valence electrons. The molecule has 0 aliphatic carbocycles. The molecular formula is C20H17N5O. The summed E-state index contributed by atoms with van der Waals surface area (Å²) in [7, 11) is 1.66. The van der Waals surface area contributed by atoms with Crippen molar-refractivity contribution in [3.8, 4) is 34.1 Å². The van der Waals surface area contributed by atoms with Gasteiger partial charge in [0.2, 0.25) is 0 Å². The van der Waals surface area contributed by atoms with Crippen LogP contribution in [-0.2, 0) is 0 Å². The van der Waals surface area contributed by atoms with Crippen molar-refractivity contribution in [1.82, 2.24) is 25.0 Å². The van der Waals surface area contributed by atoms with Crippen molar-refractivity contribution in [3.63, 3.8) is 0 Å². The molecule has 0 bridgehead atoms. The molecule has 4 aromatic rings. The fourth-order valence-corrected chi connectivity index (χ4v) is 2.79. The highest BCUT2D eigenvalue weighted by molar-refractivity contribution is 5.74. The first kappa shape index (κ1) is 16.0. The first-order valence-electron chi connectivity index (χ1n) is 8.21. The van der Waals surface area contributed by atoms with E-state index in [9.17, 15) is 0 Å². The van der Waals surface area contributed by atoms with Crippen molar-refractivity contribution < 1.29 is 4.74 Å². The van der Waals surface area contributed by atoms with E-state index in [1.54, 1.807) is 24.3 Å². The molecule has 0 amide bonds. The van der Waals surface area contributed by atoms with Crippen LogP contribution < -0.4 is 4.74 Å². The second-order valence-electron chi connectivity index (χ2n) is 5.74. The third-order valence-corrected chi connectivity index (χ3v) is 4.05. The highest BCUT2D eigenvalue weighted by Gasteiger charge is 2.14. The third kappa shape index (κ3) is 2.93. The van der Waals surface area contributed by atoms with Gasteiger partial charge in [0.15, 0.2) is 5.82 Å². The molecule has 0 aliphatic rings. The Hall–Kier alpha value is -3.54. The van der Waals surface area contributed by atoms with Crippen molar-refractivity contribution in [2.45, 2.75) is 6.92 Å². The van der Waals surface area contributed by atoms with Gasteiger partial charge in [-0.3, -0.25) is 4.98 Å². The Kier molecular flexibility index (Phi) is 4.15. The average molecular weight is 343 g/mol. The second-order valence-corrected chi connectivity index (χ2v) is 5.74. The monoisotopic (exact) mass is 343 g/mol. The molecule has 6 heteroatoms. The maximum absolute atomic E-state index is 5.59. The van der Waals surface area contributed by atoms with Crippen LogP contribution in [0, 0.1) is 6.92 Å². The van der Waals surface area contributed by atoms with Crippen LogP contribution >= 0.6 is 0 Å². The minimum absolute atomic E-state index is 0.680. The molecule has 3 heterocycles. The summed E-state index contributed by atoms with van der Waals surface area (Å²) in [6.45, 7) is 1.93. The van der Waals surface area contributed by atoms with Crippen LogP contribution in [0.4, 0.5) is 0 Å². The molecule has 0 unspecified atom stereocenters. The zero-order chi connectivity index (χ0) is 17.9. The maximum Gasteiger partial charge on any atom is 0.174 e. The predicted molar refractivity (Wildman–Crippen MR) is 99.1 cm³/mol. The molecule has 0 saturated heterocycles. The van der Waals surface area contributed by atoms with E-state index < -0.39 is 0 Å². The summed E-state index contributed by atoms with van der Waals surface area (Å²) in [5.74, 6) is 1.42. The Balaban J connectivity index is 1.76. The van der Waals surface area contributed by atoms with Crippen LogP contribution in [0.25, 0.3) is 28.3 Å². The SMILES string of the molecule is COc1cc(-c2nn(-c3ccccn3)nc2C)ccc1-c1ccccn1. The van der Waals surface area contributed by atoms with Gasteiger partial charge in [-0.05, 0) is 43.3 Å². The van der Waals surface area contributed by atoms with Gasteiger partial charge in [-0.2, -0.15) is 5.10 Å². The number of aromatic nitrogens is 5. The topological polar surface area (TPSA) is 65.7 Å². The van der Waals surface area contributed by atoms with Gasteiger partial charge in [0.05, 0.1) is 18.5 Å². The van der Waals surface area contributed by atoms with Crippen LogP contribution in [0.2, 0.25) is 0 Å². The molecule has 0 N–H and O–H groups in total. The van der Waals surface area contributed by atoms with E-state index in [1.807, 2.05) is 61.5 Å². The number of hydrogen-bond acceptors (Lipinski definition) is 5. The lowest BCUT2D eigenvalue weighted by molar-refractivity contribution is 0.416. The number of benzene rings is 1. The summed E-state index contributed by atoms with van der Waals surface area (Å²) in [6, 6.07) is 17.4. The smallest absolute Gasteiger partial charge is 0.174 e. The Morgan fingerprint density at radius 3 is 2.38 bits per heavy atom. The Bertz CT molecular complexity index is 1030. The van der Waals surface area contributed by atoms with E-state index in [-0.39, 0.29) is 0 Å². The number of methoxy groups -OCH3 is 1. The standard InChI is InChI=1S/C20H17N5O/c1-14-20(24-25(23-14)19-8-4-6-12-22-19)15-9-10-16(18(13-15)26-2)17-7-3-5-11-21-17/h3-13H,1-2H3. The van der Waals surface area contributed by atoms with E-state index in [0.717, 1.165) is 34.0 Å². The quantitative estimate of drug-likeness (QED) is 0.565. The van der Waals surface area contributed by atoms with Crippen molar-refractivity contribution in [2.24, 2.45) is 0 Å². The van der Waals surface area contributed by atoms with Crippen LogP contribution in [-0.4, -0.2) is 32.1 Å². The van der Waals surface area contributed by atoms with Crippen LogP contribution in [0.3, 0.4) is 0 Å². The minimum Gasteiger partial charge on any atom is -0.496 e. The number of rotatable bonds is 4. The van der Waals surface area contributed by atoms with Crippen molar-refractivity contribution in [1.29, 1.82) is 0 Å². The largest absolute Gasteiger partial charge is 0.496 e. The van der Waals surface area contributed by atoms with Gasteiger partial charge in [-0.1, -0.05) is 18.2 Å². The van der Waals surface area contributed by atoms with Gasteiger partial charge >= 0.3 is 0 Å². The lowest BCUT2D eigenvalue weighted by atomic mass is 10.0. The normalized spacial score (nSPS) is 10.7. The molecule has 0 saturated carbocycles. The van der Waals surface area contributed by atoms with Gasteiger partial charge in [0.25, 0.3) is 0 Å². The molecule has 0 aliphatic heterocycles. The number of aryl methyl sites for hydroxylation is 1. The first-order valence-corrected chi connectivity index (χ1v) is 8.21. The summed E-state index contributed by atoms with van der Waals surface area (Å²) < 4.78 is 5.59. The summed E-state index contributed by atoms with van der Waals surface area (Å²) in [4.78, 5) is 10.2. The van der Waals surface area contributed by atoms with E-state index >= 15 is 0 Å². The van der Waals surface area contributed by atoms with Gasteiger partial charge in [0.1, 0.15) is 11.4 Å². The molecular weight excluding hydrogens is 326 g/mol. The Labute approximate surface area is 151 Å². The summed E-state index contributed by atoms with van der Waals surface area (Å²) in [5.41, 5.74) is 4.35. The number of hydrogen-bond donors (Lipinski definition) is 0. The zero-order valence-electron chi connectivity index (χ0n) is 14.5. The molecule has 0 radical (unpaired) electrons. The lowest BCUT2D eigenvalue weighted by Gasteiger charge is -2.09. The first-order chi connectivity index (χ1) is 12.8. The summed E-state index contributed by atoms with van der Waals surface area (Å²) in [6.07, 6.45) is 3.49. The molecule has 0 atom stereocenters. The van der Waals surface area contributed by atoms with E-state index in [4.69, 9.17) is 4.74 Å². The summed E-state index contributed by atoms with van der Waals surface area (Å²) >= 11 is 0. The lowest BCUT2D eigenvalue weighted by Crippen LogP contribution is -2.01. The molecule has 26 heavy (non-hydrogen) atoms. The third-order valence-electron chi connectivity index (χ3n) is 4.05. The van der Waals surface area contributed by atoms with E-state index in [1.165, 1.54) is 0 Å². The number of pyridine rings is 2. The fraction of sp³-hybridized carbons (Fsp3) is 0.100. The van der Waals surface area contributed by atoms with Gasteiger partial charge in [0, 0.05) is 23.5 Å². The maximum atomic E-state index is 5.59. The highest BCUT2D eigenvalue weighted by atomic mass is 16.5. The van der Waals surface area contributed by atoms with Crippen LogP contribution in [0.15, 0.2) is 67.0 Å². The number of nitrogens with zero attached hydrogens (tertiary/aromatic N) is 5. The fourth-order valence-electron chi connectivity index (χ4n) is 2.79. The molecule has 1 aromatic carbocycles. The molecule has 3 aromatic heterocycles. The molecule has 0 spiro atoms. The van der Waals surface area contributed by atoms with E-state index in [0.29, 0.717) is 5.82 Å². The highest BCUT2D eigenvalue weighted by Crippen LogP contribution is 2.33. The van der Waals surface area contributed by atoms with Crippen molar-refractivity contribution >= 4 is 0 Å². The van der Waals surface area contributed by atoms with Crippen LogP contribution in [0.5, 0.6) is 5.75 Å². The second kappa shape index (κ2) is 6.76. The summed E-state index contributed by atoms with van der Waals surface area (Å²) in [5, 5.41) is 9.08. The Morgan fingerprint density at radius 2 is 1.69 bits per heavy atom. The molecule has 4 rings (SSSR count). The zero-order valence-corrected chi connectivity index (χ0v) is 14.5. The van der Waals surface area contributed by atoms with Gasteiger partial charge < -0.3 is 4.74 Å². The average Bonchev–Trinajstić information content (AvgIpc) is 3.10. The van der Waals surface area contributed by atoms with Gasteiger partial charge in [-0.15, -0.1) is 9.90 Å². The minimum atomic E-state index is 0.680. The van der Waals surface area contributed by atoms with Crippen molar-refractivity contribution in [3.05, 3.63) is 72.7 Å². The van der Waals surface area contributed by atoms with Crippen LogP contribution in [0.1, 0.15) is 5.69 Å². The Morgan fingerprint density at radius 1 is 0.885 bits per heavy atom. The number of ether oxygens (including phenoxy) is 1. The van der Waals surface area contributed by atoms with Crippen molar-refractivity contribution in [2.75, 3.05) is 7.11 Å². The van der Waals surface area contributed by atoms with E-state index in [2.05, 4.69) is 20.2 Å². The predicted octanol–water partition coefficient (Wildman–Crippen LogP) is 3.71. The van der Waals surface area contributed by atoms with Gasteiger partial charge in [-0.25, -0.2) is 4.98 Å². The molecule has 6 nitrogen and oxygen atoms in total. The molecule has 0 fully saturated rings.